The fourth-order valence-corrected chi connectivity index (χ4v) is 2.64. The molecule has 20 heavy (non-hydrogen) atoms. The van der Waals surface area contributed by atoms with Crippen LogP contribution in [0.15, 0.2) is 24.8 Å². The van der Waals surface area contributed by atoms with Crippen LogP contribution in [0.2, 0.25) is 0 Å². The van der Waals surface area contributed by atoms with Gasteiger partial charge < -0.3 is 10.6 Å². The van der Waals surface area contributed by atoms with Crippen LogP contribution in [0.1, 0.15) is 36.0 Å². The Morgan fingerprint density at radius 3 is 2.60 bits per heavy atom. The number of nitrogens with zero attached hydrogens (tertiary/aromatic N) is 1. The smallest absolute Gasteiger partial charge is 0.257 e. The first-order valence-electron chi connectivity index (χ1n) is 6.71. The topological polar surface area (TPSA) is 46.3 Å². The summed E-state index contributed by atoms with van der Waals surface area (Å²) < 4.78 is 27.0. The summed E-state index contributed by atoms with van der Waals surface area (Å²) in [5.41, 5.74) is 5.02. The second-order valence-corrected chi connectivity index (χ2v) is 5.04. The van der Waals surface area contributed by atoms with E-state index >= 15 is 0 Å². The summed E-state index contributed by atoms with van der Waals surface area (Å²) in [4.78, 5) is 14.1. The highest BCUT2D eigenvalue weighted by Gasteiger charge is 2.28. The minimum absolute atomic E-state index is 0.0891. The van der Waals surface area contributed by atoms with Gasteiger partial charge in [-0.2, -0.15) is 0 Å². The Bertz CT molecular complexity index is 525. The third kappa shape index (κ3) is 2.81. The largest absolute Gasteiger partial charge is 0.396 e. The Balaban J connectivity index is 2.31. The number of carbonyl (C=O) groups excluding carboxylic acids is 1. The fraction of sp³-hybridized carbons (Fsp3) is 0.400. The molecule has 0 aromatic heterocycles. The van der Waals surface area contributed by atoms with E-state index in [2.05, 4.69) is 6.58 Å². The summed E-state index contributed by atoms with van der Waals surface area (Å²) in [5.74, 6) is -2.19. The van der Waals surface area contributed by atoms with Crippen molar-refractivity contribution in [2.24, 2.45) is 0 Å². The molecule has 0 atom stereocenters. The van der Waals surface area contributed by atoms with Gasteiger partial charge in [-0.05, 0) is 18.9 Å². The first kappa shape index (κ1) is 14.5. The molecular weight excluding hydrogens is 262 g/mol. The SMILES string of the molecule is C=CCN(C(=O)c1cc(N)c(F)cc1F)C1CCCC1. The second-order valence-electron chi connectivity index (χ2n) is 5.04. The van der Waals surface area contributed by atoms with E-state index in [0.717, 1.165) is 31.7 Å². The maximum atomic E-state index is 13.8. The lowest BCUT2D eigenvalue weighted by atomic mass is 10.1. The van der Waals surface area contributed by atoms with Crippen LogP contribution in [0.3, 0.4) is 0 Å². The molecule has 0 saturated heterocycles. The lowest BCUT2D eigenvalue weighted by Crippen LogP contribution is -2.39. The number of hydrogen-bond acceptors (Lipinski definition) is 2. The monoisotopic (exact) mass is 280 g/mol. The van der Waals surface area contributed by atoms with Crippen LogP contribution < -0.4 is 5.73 Å². The van der Waals surface area contributed by atoms with E-state index in [9.17, 15) is 13.6 Å². The fourth-order valence-electron chi connectivity index (χ4n) is 2.64. The number of nitrogens with two attached hydrogens (primary N) is 1. The van der Waals surface area contributed by atoms with Crippen LogP contribution in [0.5, 0.6) is 0 Å². The Morgan fingerprint density at radius 1 is 1.35 bits per heavy atom. The van der Waals surface area contributed by atoms with Gasteiger partial charge in [0.15, 0.2) is 0 Å². The molecule has 0 heterocycles. The van der Waals surface area contributed by atoms with E-state index in [1.165, 1.54) is 0 Å². The number of nitrogen functional groups attached to an aromatic ring is 1. The van der Waals surface area contributed by atoms with Crippen molar-refractivity contribution in [1.29, 1.82) is 0 Å². The summed E-state index contributed by atoms with van der Waals surface area (Å²) >= 11 is 0. The molecule has 1 fully saturated rings. The zero-order chi connectivity index (χ0) is 14.7. The molecule has 0 bridgehead atoms. The molecule has 108 valence electrons. The number of anilines is 1. The molecule has 1 amide bonds. The van der Waals surface area contributed by atoms with Gasteiger partial charge in [0, 0.05) is 18.7 Å². The van der Waals surface area contributed by atoms with Gasteiger partial charge in [-0.1, -0.05) is 18.9 Å². The van der Waals surface area contributed by atoms with Gasteiger partial charge in [-0.3, -0.25) is 4.79 Å². The molecule has 1 aliphatic carbocycles. The van der Waals surface area contributed by atoms with E-state index in [1.807, 2.05) is 0 Å². The molecule has 0 unspecified atom stereocenters. The number of benzene rings is 1. The minimum Gasteiger partial charge on any atom is -0.396 e. The van der Waals surface area contributed by atoms with Crippen LogP contribution in [0, 0.1) is 11.6 Å². The van der Waals surface area contributed by atoms with Crippen molar-refractivity contribution in [1.82, 2.24) is 4.90 Å². The molecule has 3 nitrogen and oxygen atoms in total. The van der Waals surface area contributed by atoms with Crippen molar-refractivity contribution >= 4 is 11.6 Å². The zero-order valence-electron chi connectivity index (χ0n) is 11.2. The Morgan fingerprint density at radius 2 is 2.00 bits per heavy atom. The maximum absolute atomic E-state index is 13.8. The van der Waals surface area contributed by atoms with Gasteiger partial charge in [-0.15, -0.1) is 6.58 Å². The number of amides is 1. The maximum Gasteiger partial charge on any atom is 0.257 e. The summed E-state index contributed by atoms with van der Waals surface area (Å²) in [7, 11) is 0. The van der Waals surface area contributed by atoms with Crippen molar-refractivity contribution in [3.05, 3.63) is 42.0 Å². The van der Waals surface area contributed by atoms with Gasteiger partial charge in [-0.25, -0.2) is 8.78 Å². The van der Waals surface area contributed by atoms with Gasteiger partial charge >= 0.3 is 0 Å². The molecule has 2 N–H and O–H groups in total. The summed E-state index contributed by atoms with van der Waals surface area (Å²) in [6.45, 7) is 3.98. The number of halogens is 2. The third-order valence-corrected chi connectivity index (χ3v) is 3.67. The van der Waals surface area contributed by atoms with Crippen molar-refractivity contribution in [2.45, 2.75) is 31.7 Å². The summed E-state index contributed by atoms with van der Waals surface area (Å²) in [6.07, 6.45) is 5.52. The number of rotatable bonds is 4. The molecule has 5 heteroatoms. The van der Waals surface area contributed by atoms with Gasteiger partial charge in [0.25, 0.3) is 5.91 Å². The summed E-state index contributed by atoms with van der Waals surface area (Å²) in [5, 5.41) is 0. The normalized spacial score (nSPS) is 15.3. The van der Waals surface area contributed by atoms with Gasteiger partial charge in [0.2, 0.25) is 0 Å². The highest BCUT2D eigenvalue weighted by Crippen LogP contribution is 2.26. The first-order valence-corrected chi connectivity index (χ1v) is 6.71. The molecule has 0 spiro atoms. The van der Waals surface area contributed by atoms with Crippen LogP contribution >= 0.6 is 0 Å². The molecule has 2 rings (SSSR count). The average Bonchev–Trinajstić information content (AvgIpc) is 2.93. The van der Waals surface area contributed by atoms with Crippen molar-refractivity contribution in [3.63, 3.8) is 0 Å². The van der Waals surface area contributed by atoms with Gasteiger partial charge in [0.05, 0.1) is 11.3 Å². The van der Waals surface area contributed by atoms with Crippen molar-refractivity contribution in [2.75, 3.05) is 12.3 Å². The zero-order valence-corrected chi connectivity index (χ0v) is 11.2. The predicted octanol–water partition coefficient (Wildman–Crippen LogP) is 3.12. The Hall–Kier alpha value is -1.91. The lowest BCUT2D eigenvalue weighted by Gasteiger charge is -2.28. The standard InChI is InChI=1S/C15H18F2N2O/c1-2-7-19(10-5-3-4-6-10)15(20)11-8-14(18)13(17)9-12(11)16/h2,8-10H,1,3-7,18H2. The molecule has 0 aliphatic heterocycles. The van der Waals surface area contributed by atoms with Crippen LogP contribution in [-0.4, -0.2) is 23.4 Å². The van der Waals surface area contributed by atoms with E-state index < -0.39 is 17.5 Å². The summed E-state index contributed by atoms with van der Waals surface area (Å²) in [6, 6.07) is 1.81. The molecule has 1 saturated carbocycles. The van der Waals surface area contributed by atoms with Crippen LogP contribution in [0.4, 0.5) is 14.5 Å². The van der Waals surface area contributed by atoms with E-state index in [4.69, 9.17) is 5.73 Å². The highest BCUT2D eigenvalue weighted by molar-refractivity contribution is 5.95. The molecule has 1 aliphatic rings. The Labute approximate surface area is 117 Å². The Kier molecular flexibility index (Phi) is 4.37. The molecular formula is C15H18F2N2O. The molecule has 1 aromatic rings. The van der Waals surface area contributed by atoms with E-state index in [0.29, 0.717) is 12.6 Å². The minimum atomic E-state index is -0.881. The first-order chi connectivity index (χ1) is 9.54. The number of hydrogen-bond donors (Lipinski definition) is 1. The van der Waals surface area contributed by atoms with Crippen molar-refractivity contribution < 1.29 is 13.6 Å². The second kappa shape index (κ2) is 6.03. The highest BCUT2D eigenvalue weighted by atomic mass is 19.1. The average molecular weight is 280 g/mol. The quantitative estimate of drug-likeness (QED) is 0.680. The van der Waals surface area contributed by atoms with Crippen molar-refractivity contribution in [3.8, 4) is 0 Å². The lowest BCUT2D eigenvalue weighted by molar-refractivity contribution is 0.0701. The number of carbonyl (C=O) groups is 1. The molecule has 1 aromatic carbocycles. The van der Waals surface area contributed by atoms with Crippen LogP contribution in [0.25, 0.3) is 0 Å². The molecule has 0 radical (unpaired) electrons. The third-order valence-electron chi connectivity index (χ3n) is 3.67. The predicted molar refractivity (Wildman–Crippen MR) is 74.3 cm³/mol. The van der Waals surface area contributed by atoms with E-state index in [1.54, 1.807) is 11.0 Å². The van der Waals surface area contributed by atoms with Gasteiger partial charge in [0.1, 0.15) is 11.6 Å². The van der Waals surface area contributed by atoms with E-state index in [-0.39, 0.29) is 17.3 Å². The van der Waals surface area contributed by atoms with Crippen LogP contribution in [-0.2, 0) is 0 Å².